The highest BCUT2D eigenvalue weighted by atomic mass is 16.6. The molecule has 0 saturated heterocycles. The van der Waals surface area contributed by atoms with E-state index in [-0.39, 0.29) is 6.42 Å². The predicted octanol–water partition coefficient (Wildman–Crippen LogP) is 2.85. The minimum absolute atomic E-state index is 0.218. The fraction of sp³-hybridized carbons (Fsp3) is 0.348. The van der Waals surface area contributed by atoms with Crippen LogP contribution in [0.4, 0.5) is 4.79 Å². The van der Waals surface area contributed by atoms with Gasteiger partial charge in [-0.3, -0.25) is 4.79 Å². The summed E-state index contributed by atoms with van der Waals surface area (Å²) in [5.74, 6) is -2.05. The Kier molecular flexibility index (Phi) is 10.2. The Balaban J connectivity index is 0.000000343. The van der Waals surface area contributed by atoms with Gasteiger partial charge in [-0.25, -0.2) is 9.59 Å². The highest BCUT2D eigenvalue weighted by molar-refractivity contribution is 5.80. The Hall–Kier alpha value is -3.39. The molecule has 0 aliphatic carbocycles. The van der Waals surface area contributed by atoms with E-state index in [9.17, 15) is 14.4 Å². The minimum Gasteiger partial charge on any atom is -0.480 e. The topological polar surface area (TPSA) is 139 Å². The third kappa shape index (κ3) is 11.4. The molecule has 1 unspecified atom stereocenters. The number of hydrogen-bond donors (Lipinski definition) is 4. The number of carboxylic acid groups (broad SMARTS) is 2. The molecule has 8 heteroatoms. The molecule has 2 atom stereocenters. The molecule has 0 saturated carbocycles. The van der Waals surface area contributed by atoms with Crippen LogP contribution < -0.4 is 11.1 Å². The zero-order valence-corrected chi connectivity index (χ0v) is 17.9. The summed E-state index contributed by atoms with van der Waals surface area (Å²) in [6.45, 7) is 5.17. The number of nitrogens with two attached hydrogens (primary N) is 1. The first-order chi connectivity index (χ1) is 14.5. The summed E-state index contributed by atoms with van der Waals surface area (Å²) in [4.78, 5) is 33.1. The Morgan fingerprint density at radius 2 is 1.32 bits per heavy atom. The smallest absolute Gasteiger partial charge is 0.408 e. The molecule has 1 amide bonds. The maximum atomic E-state index is 11.6. The van der Waals surface area contributed by atoms with E-state index < -0.39 is 35.7 Å². The zero-order valence-electron chi connectivity index (χ0n) is 17.9. The van der Waals surface area contributed by atoms with Crippen LogP contribution in [0.15, 0.2) is 60.7 Å². The third-order valence-corrected chi connectivity index (χ3v) is 3.89. The molecule has 5 N–H and O–H groups in total. The summed E-state index contributed by atoms with van der Waals surface area (Å²) < 4.78 is 5.04. The molecular weight excluding hydrogens is 400 g/mol. The van der Waals surface area contributed by atoms with Crippen molar-refractivity contribution in [2.75, 3.05) is 0 Å². The molecule has 0 radical (unpaired) electrons. The van der Waals surface area contributed by atoms with Crippen LogP contribution in [0.5, 0.6) is 0 Å². The maximum Gasteiger partial charge on any atom is 0.408 e. The van der Waals surface area contributed by atoms with E-state index in [4.69, 9.17) is 20.7 Å². The quantitative estimate of drug-likeness (QED) is 0.530. The average molecular weight is 431 g/mol. The number of nitrogens with one attached hydrogen (secondary N) is 1. The second kappa shape index (κ2) is 12.3. The van der Waals surface area contributed by atoms with Crippen molar-refractivity contribution in [3.63, 3.8) is 0 Å². The van der Waals surface area contributed by atoms with Gasteiger partial charge in [0.25, 0.3) is 0 Å². The van der Waals surface area contributed by atoms with Crippen LogP contribution in [-0.2, 0) is 27.2 Å². The molecule has 0 spiro atoms. The Morgan fingerprint density at radius 1 is 0.871 bits per heavy atom. The number of carboxylic acids is 2. The normalized spacial score (nSPS) is 12.5. The van der Waals surface area contributed by atoms with Gasteiger partial charge in [0.05, 0.1) is 0 Å². The Bertz CT molecular complexity index is 834. The van der Waals surface area contributed by atoms with Gasteiger partial charge in [-0.05, 0) is 38.3 Å². The Morgan fingerprint density at radius 3 is 1.71 bits per heavy atom. The van der Waals surface area contributed by atoms with E-state index in [1.165, 1.54) is 0 Å². The lowest BCUT2D eigenvalue weighted by Gasteiger charge is -2.22. The number of hydrogen-bond acceptors (Lipinski definition) is 5. The number of rotatable bonds is 7. The molecule has 0 bridgehead atoms. The summed E-state index contributed by atoms with van der Waals surface area (Å²) in [6, 6.07) is 16.7. The van der Waals surface area contributed by atoms with E-state index >= 15 is 0 Å². The molecule has 0 aliphatic rings. The largest absolute Gasteiger partial charge is 0.480 e. The van der Waals surface area contributed by atoms with Gasteiger partial charge in [0, 0.05) is 6.42 Å². The number of amides is 1. The lowest BCUT2D eigenvalue weighted by atomic mass is 10.1. The van der Waals surface area contributed by atoms with Crippen LogP contribution in [0.1, 0.15) is 31.9 Å². The predicted molar refractivity (Wildman–Crippen MR) is 117 cm³/mol. The summed E-state index contributed by atoms with van der Waals surface area (Å²) in [5.41, 5.74) is 6.49. The van der Waals surface area contributed by atoms with Crippen LogP contribution in [0.2, 0.25) is 0 Å². The highest BCUT2D eigenvalue weighted by Crippen LogP contribution is 2.08. The molecule has 0 fully saturated rings. The number of carbonyl (C=O) groups excluding carboxylic acids is 1. The van der Waals surface area contributed by atoms with Crippen molar-refractivity contribution in [1.82, 2.24) is 5.32 Å². The number of alkyl carbamates (subject to hydrolysis) is 1. The molecule has 8 nitrogen and oxygen atoms in total. The maximum absolute atomic E-state index is 11.6. The molecule has 168 valence electrons. The van der Waals surface area contributed by atoms with Gasteiger partial charge in [0.2, 0.25) is 0 Å². The van der Waals surface area contributed by atoms with Gasteiger partial charge in [-0.15, -0.1) is 0 Å². The Labute approximate surface area is 182 Å². The average Bonchev–Trinajstić information content (AvgIpc) is 2.68. The van der Waals surface area contributed by atoms with Crippen LogP contribution in [0, 0.1) is 0 Å². The molecule has 31 heavy (non-hydrogen) atoms. The lowest BCUT2D eigenvalue weighted by Crippen LogP contribution is -2.44. The second-order valence-electron chi connectivity index (χ2n) is 7.86. The fourth-order valence-electron chi connectivity index (χ4n) is 2.46. The van der Waals surface area contributed by atoms with Crippen molar-refractivity contribution >= 4 is 18.0 Å². The first-order valence-electron chi connectivity index (χ1n) is 9.76. The van der Waals surface area contributed by atoms with Crippen LogP contribution in [0.25, 0.3) is 0 Å². The molecule has 0 aromatic heterocycles. The molecule has 2 aromatic rings. The van der Waals surface area contributed by atoms with Crippen molar-refractivity contribution in [2.24, 2.45) is 5.73 Å². The van der Waals surface area contributed by atoms with Crippen LogP contribution in [-0.4, -0.2) is 45.9 Å². The van der Waals surface area contributed by atoms with Crippen molar-refractivity contribution in [3.8, 4) is 0 Å². The minimum atomic E-state index is -1.09. The summed E-state index contributed by atoms with van der Waals surface area (Å²) in [7, 11) is 0. The van der Waals surface area contributed by atoms with E-state index in [2.05, 4.69) is 5.32 Å². The van der Waals surface area contributed by atoms with Crippen molar-refractivity contribution in [2.45, 2.75) is 51.3 Å². The summed E-state index contributed by atoms with van der Waals surface area (Å²) in [6.07, 6.45) is -0.123. The third-order valence-electron chi connectivity index (χ3n) is 3.89. The van der Waals surface area contributed by atoms with E-state index in [1.54, 1.807) is 20.8 Å². The van der Waals surface area contributed by atoms with E-state index in [1.807, 2.05) is 60.7 Å². The molecule has 2 rings (SSSR count). The number of carbonyl (C=O) groups is 3. The van der Waals surface area contributed by atoms with Crippen molar-refractivity contribution in [3.05, 3.63) is 71.8 Å². The standard InChI is InChI=1S/C14H19NO4.C9H11NO2/c1-14(2,3)19-13(18)15-11(12(16)17)9-10-7-5-4-6-8-10;10-8(9(11)12)6-7-4-2-1-3-5-7/h4-8,11H,9H2,1-3H3,(H,15,18)(H,16,17);1-5,8H,6,10H2,(H,11,12)/t11-;/m0./s1. The SMILES string of the molecule is CC(C)(C)OC(=O)N[C@@H](Cc1ccccc1)C(=O)O.NC(Cc1ccccc1)C(=O)O. The van der Waals surface area contributed by atoms with E-state index in [0.29, 0.717) is 6.42 Å². The first kappa shape index (κ1) is 25.6. The van der Waals surface area contributed by atoms with E-state index in [0.717, 1.165) is 11.1 Å². The van der Waals surface area contributed by atoms with Crippen LogP contribution in [0.3, 0.4) is 0 Å². The van der Waals surface area contributed by atoms with Gasteiger partial charge in [0.15, 0.2) is 0 Å². The second-order valence-corrected chi connectivity index (χ2v) is 7.86. The molecule has 0 aliphatic heterocycles. The zero-order chi connectivity index (χ0) is 23.4. The van der Waals surface area contributed by atoms with Gasteiger partial charge in [-0.1, -0.05) is 60.7 Å². The first-order valence-corrected chi connectivity index (χ1v) is 9.76. The molecular formula is C23H30N2O6. The van der Waals surface area contributed by atoms with Crippen LogP contribution >= 0.6 is 0 Å². The number of benzene rings is 2. The van der Waals surface area contributed by atoms with Gasteiger partial charge in [0.1, 0.15) is 17.7 Å². The van der Waals surface area contributed by atoms with Crippen molar-refractivity contribution in [1.29, 1.82) is 0 Å². The summed E-state index contributed by atoms with van der Waals surface area (Å²) in [5, 5.41) is 20.0. The summed E-state index contributed by atoms with van der Waals surface area (Å²) >= 11 is 0. The molecule has 2 aromatic carbocycles. The monoisotopic (exact) mass is 430 g/mol. The van der Waals surface area contributed by atoms with Crippen molar-refractivity contribution < 1.29 is 29.3 Å². The molecule has 0 heterocycles. The fourth-order valence-corrected chi connectivity index (χ4v) is 2.46. The highest BCUT2D eigenvalue weighted by Gasteiger charge is 2.24. The van der Waals surface area contributed by atoms with Gasteiger partial charge >= 0.3 is 18.0 Å². The van der Waals surface area contributed by atoms with Gasteiger partial charge < -0.3 is 26.0 Å². The lowest BCUT2D eigenvalue weighted by molar-refractivity contribution is -0.140. The van der Waals surface area contributed by atoms with Gasteiger partial charge in [-0.2, -0.15) is 0 Å². The number of aliphatic carboxylic acids is 2. The number of ether oxygens (including phenoxy) is 1.